The maximum absolute atomic E-state index is 6.06. The van der Waals surface area contributed by atoms with Crippen LogP contribution in [0.5, 0.6) is 0 Å². The highest BCUT2D eigenvalue weighted by Crippen LogP contribution is 2.18. The molecule has 2 N–H and O–H groups in total. The minimum Gasteiger partial charge on any atom is -0.398 e. The number of likely N-dealkylation sites (N-methyl/N-ethyl adjacent to an activating group) is 1. The Kier molecular flexibility index (Phi) is 4.25. The first-order valence-corrected chi connectivity index (χ1v) is 6.91. The van der Waals surface area contributed by atoms with Crippen LogP contribution in [0.3, 0.4) is 0 Å². The topological polar surface area (TPSA) is 32.5 Å². The molecule has 1 saturated heterocycles. The lowest BCUT2D eigenvalue weighted by molar-refractivity contribution is 0.0836. The van der Waals surface area contributed by atoms with Crippen molar-refractivity contribution in [3.05, 3.63) is 29.3 Å². The van der Waals surface area contributed by atoms with Crippen molar-refractivity contribution in [2.24, 2.45) is 0 Å². The molecule has 1 unspecified atom stereocenters. The smallest absolute Gasteiger partial charge is 0.0359 e. The summed E-state index contributed by atoms with van der Waals surface area (Å²) in [7, 11) is 0. The molecule has 1 atom stereocenters. The summed E-state index contributed by atoms with van der Waals surface area (Å²) in [6.07, 6.45) is 0. The normalized spacial score (nSPS) is 22.3. The van der Waals surface area contributed by atoms with Crippen molar-refractivity contribution in [1.82, 2.24) is 9.80 Å². The molecule has 2 rings (SSSR count). The van der Waals surface area contributed by atoms with Crippen LogP contribution in [0.2, 0.25) is 0 Å². The molecule has 0 aromatic heterocycles. The van der Waals surface area contributed by atoms with Crippen LogP contribution in [0.4, 0.5) is 5.69 Å². The number of piperazine rings is 1. The van der Waals surface area contributed by atoms with E-state index in [1.54, 1.807) is 0 Å². The monoisotopic (exact) mass is 247 g/mol. The molecule has 0 spiro atoms. The lowest BCUT2D eigenvalue weighted by atomic mass is 10.1. The van der Waals surface area contributed by atoms with Gasteiger partial charge in [0.05, 0.1) is 0 Å². The lowest BCUT2D eigenvalue weighted by Crippen LogP contribution is -2.51. The largest absolute Gasteiger partial charge is 0.398 e. The Bertz CT molecular complexity index is 403. The van der Waals surface area contributed by atoms with Gasteiger partial charge < -0.3 is 5.73 Å². The number of nitrogen functional groups attached to an aromatic ring is 1. The third-order valence-electron chi connectivity index (χ3n) is 3.95. The highest BCUT2D eigenvalue weighted by molar-refractivity contribution is 5.48. The number of hydrogen-bond acceptors (Lipinski definition) is 3. The third kappa shape index (κ3) is 3.03. The molecular formula is C15H25N3. The van der Waals surface area contributed by atoms with Gasteiger partial charge in [0, 0.05) is 37.9 Å². The molecule has 0 bridgehead atoms. The second kappa shape index (κ2) is 5.72. The summed E-state index contributed by atoms with van der Waals surface area (Å²) < 4.78 is 0. The number of nitrogens with two attached hydrogens (primary N) is 1. The van der Waals surface area contributed by atoms with Crippen LogP contribution in [0.1, 0.15) is 25.0 Å². The molecule has 0 radical (unpaired) electrons. The van der Waals surface area contributed by atoms with Gasteiger partial charge in [-0.2, -0.15) is 0 Å². The zero-order valence-corrected chi connectivity index (χ0v) is 11.8. The van der Waals surface area contributed by atoms with Crippen LogP contribution in [0.15, 0.2) is 18.2 Å². The van der Waals surface area contributed by atoms with Gasteiger partial charge in [0.25, 0.3) is 0 Å². The average molecular weight is 247 g/mol. The van der Waals surface area contributed by atoms with Crippen LogP contribution >= 0.6 is 0 Å². The molecule has 3 heteroatoms. The quantitative estimate of drug-likeness (QED) is 0.830. The van der Waals surface area contributed by atoms with Crippen LogP contribution in [0.25, 0.3) is 0 Å². The number of benzene rings is 1. The van der Waals surface area contributed by atoms with E-state index in [9.17, 15) is 0 Å². The molecule has 0 aliphatic carbocycles. The van der Waals surface area contributed by atoms with E-state index in [1.165, 1.54) is 17.7 Å². The van der Waals surface area contributed by atoms with E-state index in [-0.39, 0.29) is 0 Å². The maximum atomic E-state index is 6.06. The van der Waals surface area contributed by atoms with Crippen molar-refractivity contribution in [3.63, 3.8) is 0 Å². The Morgan fingerprint density at radius 3 is 2.78 bits per heavy atom. The molecule has 1 fully saturated rings. The van der Waals surface area contributed by atoms with Gasteiger partial charge in [0.2, 0.25) is 0 Å². The lowest BCUT2D eigenvalue weighted by Gasteiger charge is -2.39. The van der Waals surface area contributed by atoms with Crippen LogP contribution in [-0.2, 0) is 6.54 Å². The third-order valence-corrected chi connectivity index (χ3v) is 3.95. The average Bonchev–Trinajstić information content (AvgIpc) is 2.34. The van der Waals surface area contributed by atoms with Crippen molar-refractivity contribution in [2.45, 2.75) is 33.4 Å². The molecule has 1 aromatic rings. The summed E-state index contributed by atoms with van der Waals surface area (Å²) in [5.74, 6) is 0. The van der Waals surface area contributed by atoms with E-state index in [1.807, 2.05) is 6.07 Å². The van der Waals surface area contributed by atoms with Gasteiger partial charge in [0.1, 0.15) is 0 Å². The predicted octanol–water partition coefficient (Wildman–Crippen LogP) is 2.10. The second-order valence-corrected chi connectivity index (χ2v) is 5.41. The van der Waals surface area contributed by atoms with Crippen LogP contribution in [-0.4, -0.2) is 42.0 Å². The molecule has 1 aliphatic rings. The number of anilines is 1. The number of nitrogens with zero attached hydrogens (tertiary/aromatic N) is 2. The van der Waals surface area contributed by atoms with Crippen LogP contribution < -0.4 is 5.73 Å². The summed E-state index contributed by atoms with van der Waals surface area (Å²) in [5.41, 5.74) is 9.54. The first-order chi connectivity index (χ1) is 8.60. The summed E-state index contributed by atoms with van der Waals surface area (Å²) in [5, 5.41) is 0. The van der Waals surface area contributed by atoms with Gasteiger partial charge in [-0.05, 0) is 32.0 Å². The van der Waals surface area contributed by atoms with Crippen molar-refractivity contribution < 1.29 is 0 Å². The summed E-state index contributed by atoms with van der Waals surface area (Å²) in [6.45, 7) is 12.3. The minimum absolute atomic E-state index is 0.648. The Labute approximate surface area is 111 Å². The first kappa shape index (κ1) is 13.4. The fraction of sp³-hybridized carbons (Fsp3) is 0.600. The molecule has 100 valence electrons. The van der Waals surface area contributed by atoms with Crippen molar-refractivity contribution in [3.8, 4) is 0 Å². The second-order valence-electron chi connectivity index (χ2n) is 5.41. The summed E-state index contributed by atoms with van der Waals surface area (Å²) >= 11 is 0. The standard InChI is InChI=1S/C15H25N3/c1-4-18-8-7-17(10-13(18)3)11-14-9-12(2)5-6-15(14)16/h5-6,9,13H,4,7-8,10-11,16H2,1-3H3. The molecule has 1 heterocycles. The number of hydrogen-bond donors (Lipinski definition) is 1. The fourth-order valence-electron chi connectivity index (χ4n) is 2.80. The SMILES string of the molecule is CCN1CCN(Cc2cc(C)ccc2N)CC1C. The number of aryl methyl sites for hydroxylation is 1. The molecule has 1 aromatic carbocycles. The predicted molar refractivity (Wildman–Crippen MR) is 77.6 cm³/mol. The molecule has 0 amide bonds. The molecule has 18 heavy (non-hydrogen) atoms. The fourth-order valence-corrected chi connectivity index (χ4v) is 2.80. The van der Waals surface area contributed by atoms with E-state index in [2.05, 4.69) is 42.7 Å². The van der Waals surface area contributed by atoms with Gasteiger partial charge in [-0.3, -0.25) is 9.80 Å². The minimum atomic E-state index is 0.648. The van der Waals surface area contributed by atoms with Crippen molar-refractivity contribution >= 4 is 5.69 Å². The summed E-state index contributed by atoms with van der Waals surface area (Å²) in [6, 6.07) is 6.97. The Morgan fingerprint density at radius 2 is 2.11 bits per heavy atom. The van der Waals surface area contributed by atoms with Crippen molar-refractivity contribution in [1.29, 1.82) is 0 Å². The highest BCUT2D eigenvalue weighted by atomic mass is 15.3. The van der Waals surface area contributed by atoms with Gasteiger partial charge in [-0.1, -0.05) is 24.6 Å². The van der Waals surface area contributed by atoms with Gasteiger partial charge in [-0.25, -0.2) is 0 Å². The maximum Gasteiger partial charge on any atom is 0.0359 e. The Morgan fingerprint density at radius 1 is 1.33 bits per heavy atom. The molecule has 0 saturated carbocycles. The summed E-state index contributed by atoms with van der Waals surface area (Å²) in [4.78, 5) is 5.05. The van der Waals surface area contributed by atoms with E-state index in [0.29, 0.717) is 6.04 Å². The zero-order chi connectivity index (χ0) is 13.1. The van der Waals surface area contributed by atoms with Gasteiger partial charge in [-0.15, -0.1) is 0 Å². The Hall–Kier alpha value is -1.06. The zero-order valence-electron chi connectivity index (χ0n) is 11.8. The van der Waals surface area contributed by atoms with Gasteiger partial charge >= 0.3 is 0 Å². The van der Waals surface area contributed by atoms with Crippen LogP contribution in [0, 0.1) is 6.92 Å². The van der Waals surface area contributed by atoms with E-state index in [4.69, 9.17) is 5.73 Å². The molecular weight excluding hydrogens is 222 g/mol. The van der Waals surface area contributed by atoms with Gasteiger partial charge in [0.15, 0.2) is 0 Å². The molecule has 1 aliphatic heterocycles. The van der Waals surface area contributed by atoms with E-state index < -0.39 is 0 Å². The van der Waals surface area contributed by atoms with E-state index >= 15 is 0 Å². The van der Waals surface area contributed by atoms with E-state index in [0.717, 1.165) is 31.9 Å². The Balaban J connectivity index is 2.00. The van der Waals surface area contributed by atoms with Crippen molar-refractivity contribution in [2.75, 3.05) is 31.9 Å². The first-order valence-electron chi connectivity index (χ1n) is 6.91. The molecule has 3 nitrogen and oxygen atoms in total. The highest BCUT2D eigenvalue weighted by Gasteiger charge is 2.22. The number of rotatable bonds is 3.